The molecule has 1 aliphatic heterocycles. The maximum Gasteiger partial charge on any atom is 0.293 e. The highest BCUT2D eigenvalue weighted by molar-refractivity contribution is 5.64. The molecular weight excluding hydrogens is 210 g/mol. The molecule has 0 atom stereocenters. The van der Waals surface area contributed by atoms with E-state index in [0.29, 0.717) is 18.9 Å². The maximum absolute atomic E-state index is 10.8. The number of nitrogens with one attached hydrogen (secondary N) is 1. The second kappa shape index (κ2) is 4.16. The zero-order valence-electron chi connectivity index (χ0n) is 8.34. The molecule has 1 aliphatic rings. The van der Waals surface area contributed by atoms with Crippen LogP contribution in [0.1, 0.15) is 5.56 Å². The molecular formula is C10H9N3O3. The van der Waals surface area contributed by atoms with Gasteiger partial charge in [0, 0.05) is 6.07 Å². The van der Waals surface area contributed by atoms with Crippen molar-refractivity contribution in [3.8, 4) is 6.07 Å². The third-order valence-corrected chi connectivity index (χ3v) is 2.32. The summed E-state index contributed by atoms with van der Waals surface area (Å²) < 4.78 is 4.97. The Bertz CT molecular complexity index is 463. The van der Waals surface area contributed by atoms with Gasteiger partial charge in [-0.15, -0.1) is 0 Å². The van der Waals surface area contributed by atoms with Gasteiger partial charge >= 0.3 is 0 Å². The van der Waals surface area contributed by atoms with E-state index in [1.807, 2.05) is 6.07 Å². The van der Waals surface area contributed by atoms with E-state index >= 15 is 0 Å². The minimum atomic E-state index is -0.497. The molecule has 16 heavy (non-hydrogen) atoms. The van der Waals surface area contributed by atoms with Crippen LogP contribution >= 0.6 is 0 Å². The van der Waals surface area contributed by atoms with Crippen LogP contribution in [0.2, 0.25) is 0 Å². The van der Waals surface area contributed by atoms with Crippen molar-refractivity contribution in [2.75, 3.05) is 18.5 Å². The summed E-state index contributed by atoms with van der Waals surface area (Å²) in [4.78, 5) is 10.3. The predicted octanol–water partition coefficient (Wildman–Crippen LogP) is 1.28. The van der Waals surface area contributed by atoms with Crippen molar-refractivity contribution in [1.29, 1.82) is 5.26 Å². The molecule has 1 saturated heterocycles. The predicted molar refractivity (Wildman–Crippen MR) is 56.0 cm³/mol. The van der Waals surface area contributed by atoms with E-state index in [1.165, 1.54) is 6.07 Å². The van der Waals surface area contributed by atoms with Gasteiger partial charge in [0.15, 0.2) is 0 Å². The van der Waals surface area contributed by atoms with E-state index in [0.717, 1.165) is 0 Å². The number of rotatable bonds is 3. The number of nitrogens with zero attached hydrogens (tertiary/aromatic N) is 2. The van der Waals surface area contributed by atoms with Crippen molar-refractivity contribution in [2.45, 2.75) is 6.04 Å². The van der Waals surface area contributed by atoms with Crippen LogP contribution in [0.25, 0.3) is 0 Å². The fourth-order valence-corrected chi connectivity index (χ4v) is 1.41. The van der Waals surface area contributed by atoms with E-state index in [1.54, 1.807) is 12.1 Å². The normalized spacial score (nSPS) is 14.9. The summed E-state index contributed by atoms with van der Waals surface area (Å²) in [5.74, 6) is 0. The topological polar surface area (TPSA) is 88.2 Å². The van der Waals surface area contributed by atoms with Crippen molar-refractivity contribution in [3.63, 3.8) is 0 Å². The van der Waals surface area contributed by atoms with E-state index < -0.39 is 4.92 Å². The van der Waals surface area contributed by atoms with E-state index in [2.05, 4.69) is 5.32 Å². The van der Waals surface area contributed by atoms with Crippen LogP contribution in [0.3, 0.4) is 0 Å². The number of benzene rings is 1. The Kier molecular flexibility index (Phi) is 2.70. The first kappa shape index (κ1) is 10.4. The van der Waals surface area contributed by atoms with Crippen molar-refractivity contribution >= 4 is 11.4 Å². The lowest BCUT2D eigenvalue weighted by molar-refractivity contribution is -0.384. The van der Waals surface area contributed by atoms with Crippen molar-refractivity contribution in [3.05, 3.63) is 33.9 Å². The Hall–Kier alpha value is -2.13. The van der Waals surface area contributed by atoms with Gasteiger partial charge in [-0.05, 0) is 12.1 Å². The van der Waals surface area contributed by atoms with E-state index in [4.69, 9.17) is 10.00 Å². The molecule has 0 saturated carbocycles. The third-order valence-electron chi connectivity index (χ3n) is 2.32. The van der Waals surface area contributed by atoms with Crippen molar-refractivity contribution < 1.29 is 9.66 Å². The average Bonchev–Trinajstić information content (AvgIpc) is 2.23. The molecule has 1 aromatic rings. The van der Waals surface area contributed by atoms with Crippen LogP contribution in [0.5, 0.6) is 0 Å². The highest BCUT2D eigenvalue weighted by atomic mass is 16.6. The molecule has 0 aromatic heterocycles. The maximum atomic E-state index is 10.8. The van der Waals surface area contributed by atoms with Gasteiger partial charge in [0.25, 0.3) is 5.69 Å². The SMILES string of the molecule is N#Cc1ccc(NC2COC2)c([N+](=O)[O-])c1. The molecule has 6 heteroatoms. The van der Waals surface area contributed by atoms with Crippen molar-refractivity contribution in [1.82, 2.24) is 0 Å². The monoisotopic (exact) mass is 219 g/mol. The molecule has 1 aromatic carbocycles. The molecule has 1 N–H and O–H groups in total. The van der Waals surface area contributed by atoms with Gasteiger partial charge in [-0.3, -0.25) is 10.1 Å². The molecule has 0 aliphatic carbocycles. The van der Waals surface area contributed by atoms with Crippen LogP contribution in [0.4, 0.5) is 11.4 Å². The van der Waals surface area contributed by atoms with Crippen LogP contribution in [0.15, 0.2) is 18.2 Å². The second-order valence-electron chi connectivity index (χ2n) is 3.48. The highest BCUT2D eigenvalue weighted by Gasteiger charge is 2.22. The van der Waals surface area contributed by atoms with Gasteiger partial charge < -0.3 is 10.1 Å². The van der Waals surface area contributed by atoms with Gasteiger partial charge in [-0.2, -0.15) is 5.26 Å². The van der Waals surface area contributed by atoms with Gasteiger partial charge in [-0.25, -0.2) is 0 Å². The molecule has 0 unspecified atom stereocenters. The van der Waals surface area contributed by atoms with Gasteiger partial charge in [-0.1, -0.05) is 0 Å². The third kappa shape index (κ3) is 1.94. The molecule has 82 valence electrons. The van der Waals surface area contributed by atoms with Gasteiger partial charge in [0.1, 0.15) is 5.69 Å². The summed E-state index contributed by atoms with van der Waals surface area (Å²) in [6.45, 7) is 1.11. The molecule has 0 amide bonds. The molecule has 2 rings (SSSR count). The minimum absolute atomic E-state index is 0.0778. The van der Waals surface area contributed by atoms with Gasteiger partial charge in [0.05, 0.1) is 35.8 Å². The number of nitro benzene ring substituents is 1. The number of ether oxygens (including phenoxy) is 1. The van der Waals surface area contributed by atoms with Crippen LogP contribution in [-0.4, -0.2) is 24.2 Å². The van der Waals surface area contributed by atoms with E-state index in [-0.39, 0.29) is 17.3 Å². The zero-order chi connectivity index (χ0) is 11.5. The number of nitro groups is 1. The molecule has 0 bridgehead atoms. The lowest BCUT2D eigenvalue weighted by Crippen LogP contribution is -2.40. The summed E-state index contributed by atoms with van der Waals surface area (Å²) in [5, 5.41) is 22.5. The largest absolute Gasteiger partial charge is 0.377 e. The lowest BCUT2D eigenvalue weighted by atomic mass is 10.1. The average molecular weight is 219 g/mol. The number of hydrogen-bond acceptors (Lipinski definition) is 5. The first-order valence-corrected chi connectivity index (χ1v) is 4.73. The molecule has 0 spiro atoms. The summed E-state index contributed by atoms with van der Waals surface area (Å²) in [7, 11) is 0. The Morgan fingerprint density at radius 1 is 1.56 bits per heavy atom. The first-order valence-electron chi connectivity index (χ1n) is 4.73. The highest BCUT2D eigenvalue weighted by Crippen LogP contribution is 2.26. The molecule has 6 nitrogen and oxygen atoms in total. The fourth-order valence-electron chi connectivity index (χ4n) is 1.41. The molecule has 1 heterocycles. The Balaban J connectivity index is 2.28. The molecule has 1 fully saturated rings. The second-order valence-corrected chi connectivity index (χ2v) is 3.48. The van der Waals surface area contributed by atoms with Crippen LogP contribution in [-0.2, 0) is 4.74 Å². The Morgan fingerprint density at radius 3 is 2.81 bits per heavy atom. The fraction of sp³-hybridized carbons (Fsp3) is 0.300. The first-order chi connectivity index (χ1) is 7.70. The van der Waals surface area contributed by atoms with Gasteiger partial charge in [0.2, 0.25) is 0 Å². The summed E-state index contributed by atoms with van der Waals surface area (Å²) in [6, 6.07) is 6.36. The standard InChI is InChI=1S/C10H9N3O3/c11-4-7-1-2-9(10(3-7)13(14)15)12-8-5-16-6-8/h1-3,8,12H,5-6H2. The number of nitriles is 1. The van der Waals surface area contributed by atoms with Crippen molar-refractivity contribution in [2.24, 2.45) is 0 Å². The zero-order valence-corrected chi connectivity index (χ0v) is 8.34. The number of hydrogen-bond donors (Lipinski definition) is 1. The Morgan fingerprint density at radius 2 is 2.31 bits per heavy atom. The summed E-state index contributed by atoms with van der Waals surface area (Å²) >= 11 is 0. The Labute approximate surface area is 91.6 Å². The van der Waals surface area contributed by atoms with E-state index in [9.17, 15) is 10.1 Å². The smallest absolute Gasteiger partial charge is 0.293 e. The summed E-state index contributed by atoms with van der Waals surface area (Å²) in [6.07, 6.45) is 0. The molecule has 0 radical (unpaired) electrons. The summed E-state index contributed by atoms with van der Waals surface area (Å²) in [5.41, 5.74) is 0.630. The van der Waals surface area contributed by atoms with Crippen LogP contribution in [0, 0.1) is 21.4 Å². The lowest BCUT2D eigenvalue weighted by Gasteiger charge is -2.27. The quantitative estimate of drug-likeness (QED) is 0.611. The number of anilines is 1. The minimum Gasteiger partial charge on any atom is -0.377 e. The van der Waals surface area contributed by atoms with Crippen LogP contribution < -0.4 is 5.32 Å².